The smallest absolute Gasteiger partial charge is 0.408 e. The molecule has 1 aromatic heterocycles. The van der Waals surface area contributed by atoms with Crippen LogP contribution < -0.4 is 16.8 Å². The van der Waals surface area contributed by atoms with E-state index in [0.717, 1.165) is 0 Å². The number of rotatable bonds is 4. The Balaban J connectivity index is 2.29. The molecule has 0 saturated heterocycles. The Hall–Kier alpha value is -1.76. The van der Waals surface area contributed by atoms with Crippen molar-refractivity contribution < 1.29 is 8.63 Å². The standard InChI is InChI=1S/C11H15N3O3S/c1-6(5-18(2)16)13-8-4-9-10(3-7(8)12)17-11(15)14-9/h3-4,6,13H,5,12H2,1-2H3,(H,14,15). The van der Waals surface area contributed by atoms with E-state index in [1.807, 2.05) is 6.92 Å². The first kappa shape index (κ1) is 12.7. The van der Waals surface area contributed by atoms with E-state index in [4.69, 9.17) is 10.2 Å². The van der Waals surface area contributed by atoms with Crippen molar-refractivity contribution in [3.05, 3.63) is 22.7 Å². The first-order valence-electron chi connectivity index (χ1n) is 5.44. The van der Waals surface area contributed by atoms with Crippen molar-refractivity contribution in [3.63, 3.8) is 0 Å². The lowest BCUT2D eigenvalue weighted by atomic mass is 10.2. The van der Waals surface area contributed by atoms with Crippen molar-refractivity contribution in [2.45, 2.75) is 13.0 Å². The van der Waals surface area contributed by atoms with Gasteiger partial charge in [0, 0.05) is 34.9 Å². The molecule has 2 unspecified atom stereocenters. The molecule has 2 aromatic rings. The highest BCUT2D eigenvalue weighted by atomic mass is 32.2. The lowest BCUT2D eigenvalue weighted by Gasteiger charge is -2.15. The normalized spacial score (nSPS) is 14.6. The number of nitrogens with one attached hydrogen (secondary N) is 2. The van der Waals surface area contributed by atoms with Gasteiger partial charge in [0.1, 0.15) is 0 Å². The maximum atomic E-state index is 11.1. The molecule has 4 N–H and O–H groups in total. The molecule has 1 aromatic carbocycles. The van der Waals surface area contributed by atoms with Crippen LogP contribution in [0.1, 0.15) is 6.92 Å². The molecule has 0 aliphatic rings. The number of aromatic amines is 1. The molecule has 7 heteroatoms. The summed E-state index contributed by atoms with van der Waals surface area (Å²) in [6, 6.07) is 3.32. The summed E-state index contributed by atoms with van der Waals surface area (Å²) in [4.78, 5) is 13.6. The van der Waals surface area contributed by atoms with Crippen LogP contribution in [0.3, 0.4) is 0 Å². The minimum absolute atomic E-state index is 0.0224. The molecule has 6 nitrogen and oxygen atoms in total. The third-order valence-electron chi connectivity index (χ3n) is 2.48. The van der Waals surface area contributed by atoms with Gasteiger partial charge in [-0.25, -0.2) is 4.79 Å². The van der Waals surface area contributed by atoms with Gasteiger partial charge in [-0.05, 0) is 13.0 Å². The summed E-state index contributed by atoms with van der Waals surface area (Å²) in [5.41, 5.74) is 8.05. The number of nitrogen functional groups attached to an aromatic ring is 1. The number of fused-ring (bicyclic) bond motifs is 1. The van der Waals surface area contributed by atoms with Gasteiger partial charge in [-0.2, -0.15) is 0 Å². The lowest BCUT2D eigenvalue weighted by molar-refractivity contribution is 0.555. The Morgan fingerprint density at radius 1 is 1.56 bits per heavy atom. The maximum absolute atomic E-state index is 11.1. The van der Waals surface area contributed by atoms with Crippen molar-refractivity contribution in [3.8, 4) is 0 Å². The molecule has 0 aliphatic carbocycles. The number of benzene rings is 1. The molecule has 98 valence electrons. The van der Waals surface area contributed by atoms with Gasteiger partial charge in [-0.15, -0.1) is 0 Å². The summed E-state index contributed by atoms with van der Waals surface area (Å²) in [5, 5.41) is 3.16. The molecule has 18 heavy (non-hydrogen) atoms. The molecule has 0 bridgehead atoms. The van der Waals surface area contributed by atoms with Crippen LogP contribution in [0, 0.1) is 0 Å². The summed E-state index contributed by atoms with van der Waals surface area (Å²) < 4.78 is 16.0. The zero-order valence-electron chi connectivity index (χ0n) is 10.1. The monoisotopic (exact) mass is 269 g/mol. The quantitative estimate of drug-likeness (QED) is 0.715. The molecule has 0 saturated carbocycles. The van der Waals surface area contributed by atoms with E-state index >= 15 is 0 Å². The molecule has 0 radical (unpaired) electrons. The fourth-order valence-electron chi connectivity index (χ4n) is 1.80. The Labute approximate surface area is 106 Å². The number of aromatic nitrogens is 1. The van der Waals surface area contributed by atoms with E-state index in [0.29, 0.717) is 28.2 Å². The van der Waals surface area contributed by atoms with Crippen molar-refractivity contribution >= 4 is 33.3 Å². The predicted molar refractivity (Wildman–Crippen MR) is 73.3 cm³/mol. The molecule has 0 fully saturated rings. The predicted octanol–water partition coefficient (Wildman–Crippen LogP) is 0.882. The second kappa shape index (κ2) is 4.85. The van der Waals surface area contributed by atoms with Crippen LogP contribution in [0.5, 0.6) is 0 Å². The van der Waals surface area contributed by atoms with Gasteiger partial charge in [0.15, 0.2) is 5.58 Å². The third-order valence-corrected chi connectivity index (χ3v) is 3.45. The van der Waals surface area contributed by atoms with Crippen LogP contribution >= 0.6 is 0 Å². The SMILES string of the molecule is CC(CS(C)=O)Nc1cc2[nH]c(=O)oc2cc1N. The van der Waals surface area contributed by atoms with E-state index in [1.165, 1.54) is 0 Å². The van der Waals surface area contributed by atoms with Gasteiger partial charge in [-0.3, -0.25) is 9.19 Å². The van der Waals surface area contributed by atoms with Crippen molar-refractivity contribution in [2.75, 3.05) is 23.1 Å². The van der Waals surface area contributed by atoms with Gasteiger partial charge >= 0.3 is 5.76 Å². The number of H-pyrrole nitrogens is 1. The molecular formula is C11H15N3O3S. The molecule has 0 aliphatic heterocycles. The van der Waals surface area contributed by atoms with Crippen LogP contribution in [0.2, 0.25) is 0 Å². The van der Waals surface area contributed by atoms with E-state index in [-0.39, 0.29) is 6.04 Å². The minimum Gasteiger partial charge on any atom is -0.408 e. The largest absolute Gasteiger partial charge is 0.417 e. The van der Waals surface area contributed by atoms with E-state index in [1.54, 1.807) is 18.4 Å². The first-order valence-corrected chi connectivity index (χ1v) is 7.17. The summed E-state index contributed by atoms with van der Waals surface area (Å²) in [5.74, 6) is 0.0172. The van der Waals surface area contributed by atoms with E-state index in [9.17, 15) is 9.00 Å². The fourth-order valence-corrected chi connectivity index (χ4v) is 2.58. The van der Waals surface area contributed by atoms with Gasteiger partial charge in [-0.1, -0.05) is 0 Å². The Bertz CT molecular complexity index is 647. The zero-order chi connectivity index (χ0) is 13.3. The number of oxazole rings is 1. The molecule has 1 heterocycles. The number of nitrogens with two attached hydrogens (primary N) is 1. The van der Waals surface area contributed by atoms with Crippen LogP contribution in [0.25, 0.3) is 11.1 Å². The lowest BCUT2D eigenvalue weighted by Crippen LogP contribution is -2.22. The summed E-state index contributed by atoms with van der Waals surface area (Å²) in [6.45, 7) is 1.92. The molecular weight excluding hydrogens is 254 g/mol. The number of hydrogen-bond donors (Lipinski definition) is 3. The Kier molecular flexibility index (Phi) is 3.42. The summed E-state index contributed by atoms with van der Waals surface area (Å²) in [7, 11) is -0.879. The Morgan fingerprint density at radius 2 is 2.28 bits per heavy atom. The fraction of sp³-hybridized carbons (Fsp3) is 0.364. The highest BCUT2D eigenvalue weighted by Crippen LogP contribution is 2.24. The average molecular weight is 269 g/mol. The topological polar surface area (TPSA) is 101 Å². The highest BCUT2D eigenvalue weighted by Gasteiger charge is 2.10. The number of anilines is 2. The third kappa shape index (κ3) is 2.73. The average Bonchev–Trinajstić information content (AvgIpc) is 2.56. The molecule has 2 rings (SSSR count). The minimum atomic E-state index is -0.879. The molecule has 0 amide bonds. The second-order valence-electron chi connectivity index (χ2n) is 4.24. The van der Waals surface area contributed by atoms with Crippen LogP contribution in [0.15, 0.2) is 21.3 Å². The zero-order valence-corrected chi connectivity index (χ0v) is 11.0. The maximum Gasteiger partial charge on any atom is 0.417 e. The molecule has 0 spiro atoms. The highest BCUT2D eigenvalue weighted by molar-refractivity contribution is 7.84. The summed E-state index contributed by atoms with van der Waals surface area (Å²) >= 11 is 0. The van der Waals surface area contributed by atoms with Crippen molar-refractivity contribution in [1.29, 1.82) is 0 Å². The second-order valence-corrected chi connectivity index (χ2v) is 5.72. The Morgan fingerprint density at radius 3 is 2.94 bits per heavy atom. The number of hydrogen-bond acceptors (Lipinski definition) is 5. The van der Waals surface area contributed by atoms with Gasteiger partial charge in [0.05, 0.1) is 16.9 Å². The van der Waals surface area contributed by atoms with E-state index < -0.39 is 16.6 Å². The van der Waals surface area contributed by atoms with Crippen LogP contribution in [-0.4, -0.2) is 27.2 Å². The van der Waals surface area contributed by atoms with Gasteiger partial charge in [0.2, 0.25) is 0 Å². The van der Waals surface area contributed by atoms with Gasteiger partial charge in [0.25, 0.3) is 0 Å². The van der Waals surface area contributed by atoms with Crippen molar-refractivity contribution in [2.24, 2.45) is 0 Å². The van der Waals surface area contributed by atoms with Crippen LogP contribution in [0.4, 0.5) is 11.4 Å². The first-order chi connectivity index (χ1) is 8.45. The molecule has 2 atom stereocenters. The summed E-state index contributed by atoms with van der Waals surface area (Å²) in [6.07, 6.45) is 1.65. The van der Waals surface area contributed by atoms with Gasteiger partial charge < -0.3 is 15.5 Å². The van der Waals surface area contributed by atoms with Crippen LogP contribution in [-0.2, 0) is 10.8 Å². The van der Waals surface area contributed by atoms with E-state index in [2.05, 4.69) is 10.3 Å². The van der Waals surface area contributed by atoms with Crippen molar-refractivity contribution in [1.82, 2.24) is 4.98 Å².